The number of aryl methyl sites for hydroxylation is 1. The van der Waals surface area contributed by atoms with Crippen molar-refractivity contribution in [2.24, 2.45) is 29.4 Å². The van der Waals surface area contributed by atoms with Crippen LogP contribution < -0.4 is 48.3 Å². The molecule has 3 heterocycles. The molecule has 2 saturated heterocycles. The molecule has 3 aromatic carbocycles. The van der Waals surface area contributed by atoms with Crippen LogP contribution in [0, 0.1) is 23.7 Å². The number of urea groups is 1. The third-order valence-electron chi connectivity index (χ3n) is 20.0. The van der Waals surface area contributed by atoms with Crippen molar-refractivity contribution >= 4 is 93.9 Å². The van der Waals surface area contributed by atoms with Gasteiger partial charge in [0.05, 0.1) is 42.7 Å². The molecule has 4 aromatic rings. The number of β-lactam (4-membered cyclic amide) rings is 1. The number of hydrogen-bond acceptors (Lipinski definition) is 18. The van der Waals surface area contributed by atoms with E-state index in [2.05, 4.69) is 47.5 Å². The highest BCUT2D eigenvalue weighted by molar-refractivity contribution is 7.09. The monoisotopic (exact) mass is 1490 g/mol. The van der Waals surface area contributed by atoms with Crippen LogP contribution in [-0.2, 0) is 86.3 Å². The molecule has 7 rings (SSSR count). The van der Waals surface area contributed by atoms with Crippen LogP contribution in [0.25, 0.3) is 0 Å². The molecule has 13 amide bonds. The molecular formula is C76H107N13O16S. The SMILES string of the molecule is CC[C@H](C)[C@@H]([C@@H](CC(=O)N1CCC[C@H]1[C@H](OC)[C@@H](C)C(=O)N[C@@H](Cc1ccccc1)c1nccs1)OC)N(C)C(=O)[C@@H](NC(=O)C1(NC(=O)OCc2ccc(NC(=O)[C@H](CCCNC(N)=O)NC(=O)[C@@H](NC(=O)COCC(=O)Nc3ccc(CCC(=O)N4CCC4=O)cc3)C(C)C)cc2)CCCC1)C(C)C. The van der Waals surface area contributed by atoms with Gasteiger partial charge in [0.15, 0.2) is 0 Å². The van der Waals surface area contributed by atoms with Gasteiger partial charge in [-0.15, -0.1) is 11.3 Å². The first-order chi connectivity index (χ1) is 50.6. The number of imide groups is 1. The molecule has 0 bridgehead atoms. The van der Waals surface area contributed by atoms with Crippen molar-refractivity contribution in [3.63, 3.8) is 0 Å². The van der Waals surface area contributed by atoms with Crippen LogP contribution in [0.3, 0.4) is 0 Å². The van der Waals surface area contributed by atoms with Crippen molar-refractivity contribution in [2.75, 3.05) is 64.7 Å². The number of likely N-dealkylation sites (tertiary alicyclic amines) is 2. The minimum atomic E-state index is -1.41. The fourth-order valence-electron chi connectivity index (χ4n) is 13.7. The number of nitrogens with zero attached hydrogens (tertiary/aromatic N) is 4. The van der Waals surface area contributed by atoms with E-state index in [9.17, 15) is 57.5 Å². The Morgan fingerprint density at radius 3 is 1.98 bits per heavy atom. The highest BCUT2D eigenvalue weighted by Crippen LogP contribution is 2.33. The lowest BCUT2D eigenvalue weighted by atomic mass is 9.89. The van der Waals surface area contributed by atoms with Crippen LogP contribution >= 0.6 is 11.3 Å². The Hall–Kier alpha value is -9.39. The average molecular weight is 1490 g/mol. The largest absolute Gasteiger partial charge is 0.445 e. The maximum Gasteiger partial charge on any atom is 0.408 e. The predicted molar refractivity (Wildman–Crippen MR) is 397 cm³/mol. The van der Waals surface area contributed by atoms with Crippen molar-refractivity contribution in [2.45, 2.75) is 199 Å². The lowest BCUT2D eigenvalue weighted by molar-refractivity contribution is -0.152. The molecule has 1 saturated carbocycles. The van der Waals surface area contributed by atoms with Gasteiger partial charge in [-0.2, -0.15) is 0 Å². The van der Waals surface area contributed by atoms with E-state index in [1.165, 1.54) is 23.3 Å². The third kappa shape index (κ3) is 24.1. The summed E-state index contributed by atoms with van der Waals surface area (Å²) in [6, 6.07) is 17.4. The van der Waals surface area contributed by atoms with E-state index in [-0.39, 0.29) is 87.3 Å². The lowest BCUT2D eigenvalue weighted by Crippen LogP contribution is -2.63. The molecule has 10 atom stereocenters. The van der Waals surface area contributed by atoms with Gasteiger partial charge in [0.25, 0.3) is 0 Å². The van der Waals surface area contributed by atoms with Crippen LogP contribution in [-0.4, -0.2) is 193 Å². The number of rotatable bonds is 40. The zero-order valence-electron chi connectivity index (χ0n) is 62.5. The number of anilines is 2. The Morgan fingerprint density at radius 2 is 1.39 bits per heavy atom. The Morgan fingerprint density at radius 1 is 0.726 bits per heavy atom. The summed E-state index contributed by atoms with van der Waals surface area (Å²) in [4.78, 5) is 170. The third-order valence-corrected chi connectivity index (χ3v) is 20.9. The predicted octanol–water partition coefficient (Wildman–Crippen LogP) is 6.20. The van der Waals surface area contributed by atoms with Crippen molar-refractivity contribution in [3.05, 3.63) is 112 Å². The summed E-state index contributed by atoms with van der Waals surface area (Å²) in [6.07, 6.45) is 4.83. The summed E-state index contributed by atoms with van der Waals surface area (Å²) in [6.45, 7) is 12.5. The van der Waals surface area contributed by atoms with Gasteiger partial charge in [0.2, 0.25) is 59.1 Å². The zero-order valence-corrected chi connectivity index (χ0v) is 63.4. The second-order valence-electron chi connectivity index (χ2n) is 28.3. The number of alkyl carbamates (subject to hydrolysis) is 1. The Labute approximate surface area is 624 Å². The van der Waals surface area contributed by atoms with Gasteiger partial charge in [0, 0.05) is 76.7 Å². The van der Waals surface area contributed by atoms with Crippen LogP contribution in [0.5, 0.6) is 0 Å². The maximum atomic E-state index is 14.9. The lowest BCUT2D eigenvalue weighted by Gasteiger charge is -2.41. The molecule has 578 valence electrons. The van der Waals surface area contributed by atoms with Gasteiger partial charge in [0.1, 0.15) is 48.5 Å². The molecule has 1 aliphatic carbocycles. The van der Waals surface area contributed by atoms with E-state index in [1.54, 1.807) is 92.5 Å². The topological polar surface area (TPSA) is 387 Å². The molecule has 30 heteroatoms. The van der Waals surface area contributed by atoms with Gasteiger partial charge in [-0.05, 0) is 110 Å². The number of aromatic nitrogens is 1. The quantitative estimate of drug-likeness (QED) is 0.0177. The number of amides is 13. The number of methoxy groups -OCH3 is 2. The molecule has 0 spiro atoms. The molecule has 3 fully saturated rings. The summed E-state index contributed by atoms with van der Waals surface area (Å²) in [5, 5.41) is 24.9. The molecule has 0 radical (unpaired) electrons. The van der Waals surface area contributed by atoms with Gasteiger partial charge in [-0.25, -0.2) is 14.6 Å². The molecular weight excluding hydrogens is 1380 g/mol. The Bertz CT molecular complexity index is 3620. The minimum absolute atomic E-state index is 0.0380. The molecule has 1 aromatic heterocycles. The van der Waals surface area contributed by atoms with Crippen molar-refractivity contribution in [3.8, 4) is 0 Å². The summed E-state index contributed by atoms with van der Waals surface area (Å²) >= 11 is 1.47. The summed E-state index contributed by atoms with van der Waals surface area (Å²) < 4.78 is 23.3. The first kappa shape index (κ1) is 83.9. The maximum absolute atomic E-state index is 14.9. The minimum Gasteiger partial charge on any atom is -0.445 e. The fraction of sp³-hybridized carbons (Fsp3) is 0.566. The number of ether oxygens (including phenoxy) is 4. The Kier molecular flexibility index (Phi) is 32.4. The van der Waals surface area contributed by atoms with Crippen molar-refractivity contribution in [1.82, 2.24) is 51.6 Å². The smallest absolute Gasteiger partial charge is 0.408 e. The molecule has 10 N–H and O–H groups in total. The fourth-order valence-corrected chi connectivity index (χ4v) is 14.4. The standard InChI is InChI=1S/C76H107N13O16S/c1-11-48(6)66(58(102-9)42-63(94)88-38-18-22-57(88)67(103-10)49(7)68(95)83-56(71-78-37-40-106-71)41-51-19-13-12-14-20-51)87(8)72(98)65(47(4)5)85-73(99)76(34-15-16-35-76)86-75(101)105-43-52-25-30-54(31-26-52)81-69(96)55(21-17-36-79-74(77)100)82-70(97)64(46(2)3)84-60(91)45-104-44-59(90)80-53-28-23-50(24-29-53)27-32-61(92)89-39-33-62(89)93/h12-14,19-20,23-26,28-31,37,40,46-49,55-58,64-67H,11,15-18,21-22,27,32-36,38-39,41-45H2,1-10H3,(H,80,90)(H,81,96)(H,82,97)(H,83,95)(H,84,91)(H,85,99)(H,86,101)(H3,77,79,100)/t48-,49+,55-,56-,57-,58+,64-,65-,66-,67+/m0/s1. The number of thiazole rings is 1. The number of nitrogens with one attached hydrogen (secondary N) is 8. The van der Waals surface area contributed by atoms with Crippen molar-refractivity contribution < 1.29 is 76.5 Å². The average Bonchev–Trinajstić information content (AvgIpc) is 1.51. The summed E-state index contributed by atoms with van der Waals surface area (Å²) in [5.41, 5.74) is 7.01. The Balaban J connectivity index is 0.899. The van der Waals surface area contributed by atoms with Crippen LogP contribution in [0.15, 0.2) is 90.4 Å². The van der Waals surface area contributed by atoms with Crippen LogP contribution in [0.4, 0.5) is 21.0 Å². The van der Waals surface area contributed by atoms with E-state index in [0.717, 1.165) is 16.1 Å². The summed E-state index contributed by atoms with van der Waals surface area (Å²) in [7, 11) is 4.73. The van der Waals surface area contributed by atoms with E-state index in [0.29, 0.717) is 81.4 Å². The summed E-state index contributed by atoms with van der Waals surface area (Å²) in [5.74, 6) is -6.09. The normalized spacial score (nSPS) is 17.2. The second-order valence-corrected chi connectivity index (χ2v) is 29.2. The van der Waals surface area contributed by atoms with Crippen molar-refractivity contribution in [1.29, 1.82) is 0 Å². The highest BCUT2D eigenvalue weighted by atomic mass is 32.1. The first-order valence-corrected chi connectivity index (χ1v) is 37.5. The van der Waals surface area contributed by atoms with Gasteiger partial charge in [-0.1, -0.05) is 122 Å². The van der Waals surface area contributed by atoms with E-state index < -0.39 is 126 Å². The highest BCUT2D eigenvalue weighted by Gasteiger charge is 2.47. The number of benzene rings is 3. The number of primary amides is 1. The molecule has 29 nitrogen and oxygen atoms in total. The molecule has 0 unspecified atom stereocenters. The first-order valence-electron chi connectivity index (χ1n) is 36.6. The number of carbonyl (C=O) groups excluding carboxylic acids is 12. The van der Waals surface area contributed by atoms with Gasteiger partial charge in [-0.3, -0.25) is 52.8 Å². The van der Waals surface area contributed by atoms with Crippen LogP contribution in [0.2, 0.25) is 0 Å². The van der Waals surface area contributed by atoms with Gasteiger partial charge >= 0.3 is 12.1 Å². The molecule has 2 aliphatic heterocycles. The van der Waals surface area contributed by atoms with E-state index in [1.807, 2.05) is 70.3 Å². The van der Waals surface area contributed by atoms with E-state index >= 15 is 0 Å². The second kappa shape index (κ2) is 40.9. The molecule has 106 heavy (non-hydrogen) atoms. The zero-order chi connectivity index (χ0) is 77.2. The molecule has 3 aliphatic rings. The van der Waals surface area contributed by atoms with Gasteiger partial charge < -0.3 is 77.0 Å². The van der Waals surface area contributed by atoms with E-state index in [4.69, 9.17) is 24.7 Å². The number of nitrogens with two attached hydrogens (primary N) is 1. The number of hydrogen-bond donors (Lipinski definition) is 9. The van der Waals surface area contributed by atoms with Crippen LogP contribution in [0.1, 0.15) is 153 Å². The number of carbonyl (C=O) groups is 12. The number of likely N-dealkylation sites (N-methyl/N-ethyl adjacent to an activating group) is 1.